The maximum Gasteiger partial charge on any atom is 0.230 e. The second-order valence-corrected chi connectivity index (χ2v) is 4.88. The molecule has 0 spiro atoms. The first-order valence-electron chi connectivity index (χ1n) is 6.70. The molecule has 0 bridgehead atoms. The van der Waals surface area contributed by atoms with E-state index in [0.717, 1.165) is 44.2 Å². The number of hydrogen-bond acceptors (Lipinski definition) is 5. The van der Waals surface area contributed by atoms with Gasteiger partial charge in [0.2, 0.25) is 6.35 Å². The number of hydrogen-bond donors (Lipinski definition) is 1. The molecule has 2 aliphatic heterocycles. The molecule has 1 atom stereocenters. The summed E-state index contributed by atoms with van der Waals surface area (Å²) >= 11 is 0. The molecule has 0 aliphatic carbocycles. The van der Waals surface area contributed by atoms with E-state index in [1.807, 2.05) is 30.6 Å². The number of anilines is 1. The highest BCUT2D eigenvalue weighted by atomic mass is 16.5. The molecule has 0 amide bonds. The van der Waals surface area contributed by atoms with Crippen molar-refractivity contribution in [1.29, 1.82) is 0 Å². The lowest BCUT2D eigenvalue weighted by atomic mass is 10.3. The summed E-state index contributed by atoms with van der Waals surface area (Å²) in [6.07, 6.45) is 2.40. The summed E-state index contributed by atoms with van der Waals surface area (Å²) in [4.78, 5) is 14.8. The molecule has 1 unspecified atom stereocenters. The highest BCUT2D eigenvalue weighted by molar-refractivity contribution is 5.59. The van der Waals surface area contributed by atoms with Crippen LogP contribution in [0.2, 0.25) is 0 Å². The van der Waals surface area contributed by atoms with E-state index in [2.05, 4.69) is 15.1 Å². The number of carbonyl (C=O) groups excluding carboxylic acids is 1. The zero-order valence-electron chi connectivity index (χ0n) is 10.8. The van der Waals surface area contributed by atoms with E-state index in [4.69, 9.17) is 4.74 Å². The number of fused-ring (bicyclic) bond motifs is 1. The number of nitrogens with one attached hydrogen (secondary N) is 1. The third-order valence-electron chi connectivity index (χ3n) is 3.67. The maximum atomic E-state index is 10.3. The summed E-state index contributed by atoms with van der Waals surface area (Å²) < 4.78 is 5.90. The molecule has 3 rings (SSSR count). The van der Waals surface area contributed by atoms with Crippen molar-refractivity contribution in [3.8, 4) is 5.75 Å². The third-order valence-corrected chi connectivity index (χ3v) is 3.67. The molecule has 0 aromatic heterocycles. The number of piperazine rings is 1. The molecule has 1 fully saturated rings. The van der Waals surface area contributed by atoms with Crippen molar-refractivity contribution in [2.24, 2.45) is 0 Å². The molecule has 5 heteroatoms. The lowest BCUT2D eigenvalue weighted by molar-refractivity contribution is 0.0192. The van der Waals surface area contributed by atoms with Gasteiger partial charge in [0.15, 0.2) is 6.29 Å². The minimum Gasteiger partial charge on any atom is -0.455 e. The highest BCUT2D eigenvalue weighted by Crippen LogP contribution is 2.32. The Kier molecular flexibility index (Phi) is 3.66. The van der Waals surface area contributed by atoms with Crippen LogP contribution in [-0.2, 0) is 4.79 Å². The number of rotatable bonds is 4. The van der Waals surface area contributed by atoms with E-state index >= 15 is 0 Å². The van der Waals surface area contributed by atoms with E-state index in [1.54, 1.807) is 0 Å². The summed E-state index contributed by atoms with van der Waals surface area (Å²) in [5.41, 5.74) is 1.06. The maximum absolute atomic E-state index is 10.3. The number of para-hydroxylation sites is 2. The summed E-state index contributed by atoms with van der Waals surface area (Å²) in [5.74, 6) is 0.922. The monoisotopic (exact) mass is 260 g/mol. The number of nitrogens with zero attached hydrogens (tertiary/aromatic N) is 2. The van der Waals surface area contributed by atoms with Gasteiger partial charge in [0, 0.05) is 39.1 Å². The first-order chi connectivity index (χ1) is 9.36. The van der Waals surface area contributed by atoms with Crippen molar-refractivity contribution in [2.45, 2.75) is 12.8 Å². The van der Waals surface area contributed by atoms with Gasteiger partial charge in [0.1, 0.15) is 5.75 Å². The zero-order valence-corrected chi connectivity index (χ0v) is 10.8. The molecule has 5 nitrogen and oxygen atoms in total. The van der Waals surface area contributed by atoms with Crippen LogP contribution in [0.5, 0.6) is 5.75 Å². The fraction of sp³-hybridized carbons (Fsp3) is 0.500. The molecule has 1 aromatic rings. The predicted octanol–water partition coefficient (Wildman–Crippen LogP) is 0.892. The van der Waals surface area contributed by atoms with Gasteiger partial charge in [0.25, 0.3) is 0 Å². The molecular formula is C14H18N3O2. The molecular weight excluding hydrogens is 242 g/mol. The van der Waals surface area contributed by atoms with Gasteiger partial charge < -0.3 is 15.0 Å². The van der Waals surface area contributed by atoms with Crippen LogP contribution in [0.1, 0.15) is 6.42 Å². The zero-order chi connectivity index (χ0) is 13.1. The Labute approximate surface area is 113 Å². The van der Waals surface area contributed by atoms with Crippen LogP contribution < -0.4 is 10.1 Å². The Morgan fingerprint density at radius 1 is 1.26 bits per heavy atom. The second-order valence-electron chi connectivity index (χ2n) is 4.88. The van der Waals surface area contributed by atoms with Gasteiger partial charge in [-0.25, -0.2) is 4.90 Å². The fourth-order valence-electron chi connectivity index (χ4n) is 2.56. The van der Waals surface area contributed by atoms with Gasteiger partial charge in [-0.2, -0.15) is 0 Å². The average molecular weight is 260 g/mol. The van der Waals surface area contributed by atoms with Crippen LogP contribution in [0.3, 0.4) is 0 Å². The summed E-state index contributed by atoms with van der Waals surface area (Å²) in [6.45, 7) is 4.66. The first-order valence-corrected chi connectivity index (χ1v) is 6.70. The molecule has 19 heavy (non-hydrogen) atoms. The van der Waals surface area contributed by atoms with Gasteiger partial charge in [-0.15, -0.1) is 0 Å². The van der Waals surface area contributed by atoms with Crippen LogP contribution in [0.25, 0.3) is 0 Å². The minimum atomic E-state index is -0.0582. The summed E-state index contributed by atoms with van der Waals surface area (Å²) in [7, 11) is 0. The topological polar surface area (TPSA) is 44.8 Å². The van der Waals surface area contributed by atoms with Crippen LogP contribution in [0.15, 0.2) is 24.3 Å². The quantitative estimate of drug-likeness (QED) is 0.871. The minimum absolute atomic E-state index is 0.0582. The lowest BCUT2D eigenvalue weighted by Gasteiger charge is -2.36. The fourth-order valence-corrected chi connectivity index (χ4v) is 2.56. The second kappa shape index (κ2) is 5.59. The van der Waals surface area contributed by atoms with Gasteiger partial charge in [0.05, 0.1) is 5.69 Å². The molecule has 2 heterocycles. The molecule has 1 N–H and O–H groups in total. The molecule has 1 aromatic carbocycles. The average Bonchev–Trinajstić information content (AvgIpc) is 2.89. The van der Waals surface area contributed by atoms with Gasteiger partial charge in [-0.1, -0.05) is 12.1 Å². The largest absolute Gasteiger partial charge is 0.455 e. The van der Waals surface area contributed by atoms with Crippen LogP contribution in [0, 0.1) is 0 Å². The van der Waals surface area contributed by atoms with Crippen molar-refractivity contribution in [1.82, 2.24) is 9.80 Å². The normalized spacial score (nSPS) is 23.5. The highest BCUT2D eigenvalue weighted by Gasteiger charge is 2.29. The smallest absolute Gasteiger partial charge is 0.230 e. The number of ether oxygens (including phenoxy) is 1. The summed E-state index contributed by atoms with van der Waals surface area (Å²) in [5, 5.41) is 3.39. The van der Waals surface area contributed by atoms with Gasteiger partial charge in [-0.05, 0) is 12.1 Å². The van der Waals surface area contributed by atoms with Gasteiger partial charge >= 0.3 is 0 Å². The van der Waals surface area contributed by atoms with Crippen molar-refractivity contribution >= 4 is 12.0 Å². The van der Waals surface area contributed by atoms with E-state index < -0.39 is 0 Å². The van der Waals surface area contributed by atoms with E-state index in [9.17, 15) is 4.79 Å². The SMILES string of the molecule is O=[C]CCN1CCN(C2Nc3ccccc3O2)CC1. The molecule has 0 saturated carbocycles. The van der Waals surface area contributed by atoms with Crippen molar-refractivity contribution < 1.29 is 9.53 Å². The van der Waals surface area contributed by atoms with Crippen LogP contribution >= 0.6 is 0 Å². The van der Waals surface area contributed by atoms with Crippen molar-refractivity contribution in [3.63, 3.8) is 0 Å². The Bertz CT molecular complexity index is 419. The Morgan fingerprint density at radius 3 is 2.79 bits per heavy atom. The van der Waals surface area contributed by atoms with Crippen molar-refractivity contribution in [2.75, 3.05) is 38.0 Å². The Morgan fingerprint density at radius 2 is 2.05 bits per heavy atom. The lowest BCUT2D eigenvalue weighted by Crippen LogP contribution is -2.53. The Hall–Kier alpha value is -1.59. The summed E-state index contributed by atoms with van der Waals surface area (Å²) in [6, 6.07) is 8.01. The standard InChI is InChI=1S/C14H18N3O2/c18-11-3-6-16-7-9-17(10-8-16)14-15-12-4-1-2-5-13(12)19-14/h1-2,4-5,14-15H,3,6-10H2. The van der Waals surface area contributed by atoms with Crippen molar-refractivity contribution in [3.05, 3.63) is 24.3 Å². The third kappa shape index (κ3) is 2.72. The van der Waals surface area contributed by atoms with E-state index in [0.29, 0.717) is 6.42 Å². The molecule has 2 aliphatic rings. The number of benzene rings is 1. The molecule has 1 radical (unpaired) electrons. The Balaban J connectivity index is 1.52. The first kappa shape index (κ1) is 12.4. The van der Waals surface area contributed by atoms with Crippen LogP contribution in [-0.4, -0.2) is 55.2 Å². The molecule has 101 valence electrons. The van der Waals surface area contributed by atoms with Gasteiger partial charge in [-0.3, -0.25) is 4.79 Å². The predicted molar refractivity (Wildman–Crippen MR) is 72.8 cm³/mol. The molecule has 1 saturated heterocycles. The van der Waals surface area contributed by atoms with E-state index in [-0.39, 0.29) is 6.35 Å². The van der Waals surface area contributed by atoms with Crippen LogP contribution in [0.4, 0.5) is 5.69 Å². The van der Waals surface area contributed by atoms with E-state index in [1.165, 1.54) is 0 Å².